The normalized spacial score (nSPS) is 15.1. The van der Waals surface area contributed by atoms with Crippen LogP contribution in [0.2, 0.25) is 0 Å². The van der Waals surface area contributed by atoms with Gasteiger partial charge in [0, 0.05) is 14.9 Å². The SMILES string of the molecule is O=C(ON=C1Sc2ccccc2C1=O)c1ccccc1Br. The number of fused-ring (bicyclic) bond motifs is 1. The second kappa shape index (κ2) is 5.83. The number of oxime groups is 1. The van der Waals surface area contributed by atoms with Crippen molar-refractivity contribution in [2.24, 2.45) is 5.16 Å². The molecular formula is C15H8BrNO3S. The summed E-state index contributed by atoms with van der Waals surface area (Å²) < 4.78 is 0.615. The van der Waals surface area contributed by atoms with Crippen LogP contribution in [0.1, 0.15) is 20.7 Å². The van der Waals surface area contributed by atoms with Crippen LogP contribution in [0.15, 0.2) is 63.1 Å². The molecule has 3 rings (SSSR count). The van der Waals surface area contributed by atoms with Gasteiger partial charge in [0.15, 0.2) is 5.04 Å². The van der Waals surface area contributed by atoms with E-state index in [0.717, 1.165) is 4.90 Å². The summed E-state index contributed by atoms with van der Waals surface area (Å²) in [5.74, 6) is -0.838. The maximum atomic E-state index is 12.1. The van der Waals surface area contributed by atoms with Gasteiger partial charge in [-0.2, -0.15) is 0 Å². The summed E-state index contributed by atoms with van der Waals surface area (Å²) in [4.78, 5) is 29.7. The minimum absolute atomic E-state index is 0.164. The van der Waals surface area contributed by atoms with Gasteiger partial charge in [0.2, 0.25) is 5.78 Å². The van der Waals surface area contributed by atoms with Crippen molar-refractivity contribution < 1.29 is 14.4 Å². The zero-order valence-electron chi connectivity index (χ0n) is 10.6. The smallest absolute Gasteiger partial charge is 0.311 e. The number of halogens is 1. The Kier molecular flexibility index (Phi) is 3.90. The highest BCUT2D eigenvalue weighted by Crippen LogP contribution is 2.33. The fourth-order valence-electron chi connectivity index (χ4n) is 1.83. The fraction of sp³-hybridized carbons (Fsp3) is 0. The number of Topliss-reactive ketones (excluding diaryl/α,β-unsaturated/α-hetero) is 1. The van der Waals surface area contributed by atoms with Gasteiger partial charge in [-0.3, -0.25) is 4.79 Å². The molecule has 4 nitrogen and oxygen atoms in total. The van der Waals surface area contributed by atoms with Crippen LogP contribution in [0.3, 0.4) is 0 Å². The van der Waals surface area contributed by atoms with E-state index in [4.69, 9.17) is 4.84 Å². The number of hydrogen-bond acceptors (Lipinski definition) is 5. The predicted molar refractivity (Wildman–Crippen MR) is 83.6 cm³/mol. The van der Waals surface area contributed by atoms with E-state index in [1.165, 1.54) is 11.8 Å². The molecule has 0 radical (unpaired) electrons. The Morgan fingerprint density at radius 3 is 2.57 bits per heavy atom. The van der Waals surface area contributed by atoms with E-state index >= 15 is 0 Å². The van der Waals surface area contributed by atoms with E-state index in [0.29, 0.717) is 15.6 Å². The summed E-state index contributed by atoms with van der Waals surface area (Å²) >= 11 is 4.46. The van der Waals surface area contributed by atoms with E-state index in [2.05, 4.69) is 21.1 Å². The third kappa shape index (κ3) is 2.77. The summed E-state index contributed by atoms with van der Waals surface area (Å²) in [6, 6.07) is 14.0. The number of benzene rings is 2. The van der Waals surface area contributed by atoms with Gasteiger partial charge >= 0.3 is 5.97 Å². The number of ketones is 1. The molecule has 0 saturated heterocycles. The first-order valence-electron chi connectivity index (χ1n) is 6.02. The Labute approximate surface area is 133 Å². The van der Waals surface area contributed by atoms with Gasteiger partial charge in [0.25, 0.3) is 0 Å². The Morgan fingerprint density at radius 2 is 1.81 bits per heavy atom. The van der Waals surface area contributed by atoms with Gasteiger partial charge in [-0.05, 0) is 40.2 Å². The van der Waals surface area contributed by atoms with E-state index in [1.807, 2.05) is 12.1 Å². The van der Waals surface area contributed by atoms with E-state index < -0.39 is 5.97 Å². The number of nitrogens with zero attached hydrogens (tertiary/aromatic N) is 1. The van der Waals surface area contributed by atoms with Gasteiger partial charge in [0.1, 0.15) is 0 Å². The van der Waals surface area contributed by atoms with E-state index in [1.54, 1.807) is 36.4 Å². The lowest BCUT2D eigenvalue weighted by molar-refractivity contribution is 0.0516. The number of rotatable bonds is 2. The minimum Gasteiger partial charge on any atom is -0.311 e. The zero-order valence-corrected chi connectivity index (χ0v) is 13.0. The first-order valence-corrected chi connectivity index (χ1v) is 7.63. The molecule has 0 aromatic heterocycles. The van der Waals surface area contributed by atoms with Crippen molar-refractivity contribution in [1.29, 1.82) is 0 Å². The molecule has 104 valence electrons. The maximum Gasteiger partial charge on any atom is 0.366 e. The van der Waals surface area contributed by atoms with Crippen LogP contribution in [-0.4, -0.2) is 16.8 Å². The molecule has 0 fully saturated rings. The Hall–Kier alpha value is -1.92. The van der Waals surface area contributed by atoms with Gasteiger partial charge in [0.05, 0.1) is 5.56 Å². The standard InChI is InChI=1S/C15H8BrNO3S/c16-11-7-3-1-5-9(11)15(19)20-17-14-13(18)10-6-2-4-8-12(10)21-14/h1-8H. The summed E-state index contributed by atoms with van der Waals surface area (Å²) in [7, 11) is 0. The third-order valence-corrected chi connectivity index (χ3v) is 4.56. The van der Waals surface area contributed by atoms with Crippen molar-refractivity contribution >= 4 is 44.5 Å². The number of carbonyl (C=O) groups excluding carboxylic acids is 2. The molecule has 2 aromatic carbocycles. The molecule has 0 aliphatic carbocycles. The lowest BCUT2D eigenvalue weighted by atomic mass is 10.1. The summed E-state index contributed by atoms with van der Waals surface area (Å²) in [6.07, 6.45) is 0. The third-order valence-electron chi connectivity index (χ3n) is 2.84. The van der Waals surface area contributed by atoms with Crippen LogP contribution in [0, 0.1) is 0 Å². The molecule has 1 heterocycles. The first kappa shape index (κ1) is 14.0. The minimum atomic E-state index is -0.612. The van der Waals surface area contributed by atoms with E-state index in [9.17, 15) is 9.59 Å². The van der Waals surface area contributed by atoms with Crippen molar-refractivity contribution in [1.82, 2.24) is 0 Å². The molecule has 6 heteroatoms. The zero-order chi connectivity index (χ0) is 14.8. The molecule has 0 atom stereocenters. The van der Waals surface area contributed by atoms with Crippen LogP contribution in [0.5, 0.6) is 0 Å². The maximum absolute atomic E-state index is 12.1. The Balaban J connectivity index is 1.78. The highest BCUT2D eigenvalue weighted by Gasteiger charge is 2.28. The summed E-state index contributed by atoms with van der Waals surface area (Å²) in [5.41, 5.74) is 0.938. The molecule has 0 saturated carbocycles. The van der Waals surface area contributed by atoms with Gasteiger partial charge < -0.3 is 4.84 Å². The molecule has 0 amide bonds. The van der Waals surface area contributed by atoms with E-state index in [-0.39, 0.29) is 10.8 Å². The van der Waals surface area contributed by atoms with Gasteiger partial charge in [-0.15, -0.1) is 0 Å². The second-order valence-electron chi connectivity index (χ2n) is 4.18. The average Bonchev–Trinajstić information content (AvgIpc) is 2.82. The largest absolute Gasteiger partial charge is 0.366 e. The monoisotopic (exact) mass is 361 g/mol. The average molecular weight is 362 g/mol. The highest BCUT2D eigenvalue weighted by atomic mass is 79.9. The fourth-order valence-corrected chi connectivity index (χ4v) is 3.18. The van der Waals surface area contributed by atoms with Crippen LogP contribution in [-0.2, 0) is 4.84 Å². The number of hydrogen-bond donors (Lipinski definition) is 0. The predicted octanol–water partition coefficient (Wildman–Crippen LogP) is 3.91. The number of thioether (sulfide) groups is 1. The Morgan fingerprint density at radius 1 is 1.10 bits per heavy atom. The van der Waals surface area contributed by atoms with Crippen molar-refractivity contribution in [3.63, 3.8) is 0 Å². The highest BCUT2D eigenvalue weighted by molar-refractivity contribution is 9.10. The molecule has 1 aliphatic heterocycles. The van der Waals surface area contributed by atoms with Crippen LogP contribution >= 0.6 is 27.7 Å². The quantitative estimate of drug-likeness (QED) is 0.601. The van der Waals surface area contributed by atoms with Gasteiger partial charge in [-0.25, -0.2) is 4.79 Å². The molecule has 1 aliphatic rings. The Bertz CT molecular complexity index is 773. The summed E-state index contributed by atoms with van der Waals surface area (Å²) in [6.45, 7) is 0. The molecule has 0 spiro atoms. The molecule has 21 heavy (non-hydrogen) atoms. The van der Waals surface area contributed by atoms with Gasteiger partial charge in [-0.1, -0.05) is 41.2 Å². The summed E-state index contributed by atoms with van der Waals surface area (Å²) in [5, 5.41) is 3.86. The first-order chi connectivity index (χ1) is 10.2. The molecule has 0 bridgehead atoms. The van der Waals surface area contributed by atoms with Crippen LogP contribution in [0.4, 0.5) is 0 Å². The van der Waals surface area contributed by atoms with Crippen LogP contribution < -0.4 is 0 Å². The van der Waals surface area contributed by atoms with Crippen molar-refractivity contribution in [2.75, 3.05) is 0 Å². The van der Waals surface area contributed by atoms with Crippen molar-refractivity contribution in [2.45, 2.75) is 4.90 Å². The lowest BCUT2D eigenvalue weighted by Gasteiger charge is -2.00. The van der Waals surface area contributed by atoms with Crippen molar-refractivity contribution in [3.05, 3.63) is 64.1 Å². The molecular weight excluding hydrogens is 354 g/mol. The molecule has 2 aromatic rings. The van der Waals surface area contributed by atoms with Crippen molar-refractivity contribution in [3.8, 4) is 0 Å². The molecule has 0 unspecified atom stereocenters. The number of carbonyl (C=O) groups is 2. The molecule has 0 N–H and O–H groups in total. The van der Waals surface area contributed by atoms with Crippen LogP contribution in [0.25, 0.3) is 0 Å². The lowest BCUT2D eigenvalue weighted by Crippen LogP contribution is -2.08. The topological polar surface area (TPSA) is 55.7 Å². The second-order valence-corrected chi connectivity index (χ2v) is 6.07.